The SMILES string of the molecule is COc1csc(C(=O)N(C)CCC(N)=NO)c1. The fourth-order valence-electron chi connectivity index (χ4n) is 1.16. The molecule has 0 aliphatic heterocycles. The van der Waals surface area contributed by atoms with E-state index in [4.69, 9.17) is 15.7 Å². The van der Waals surface area contributed by atoms with Crippen molar-refractivity contribution in [2.75, 3.05) is 20.7 Å². The lowest BCUT2D eigenvalue weighted by Gasteiger charge is -2.15. The van der Waals surface area contributed by atoms with Crippen molar-refractivity contribution < 1.29 is 14.7 Å². The Morgan fingerprint density at radius 3 is 2.94 bits per heavy atom. The average molecular weight is 257 g/mol. The molecule has 94 valence electrons. The lowest BCUT2D eigenvalue weighted by atomic mass is 10.3. The zero-order valence-corrected chi connectivity index (χ0v) is 10.5. The molecule has 0 saturated carbocycles. The molecule has 0 atom stereocenters. The standard InChI is InChI=1S/C10H15N3O3S/c1-13(4-3-9(11)12-15)10(14)8-5-7(16-2)6-17-8/h5-6,15H,3-4H2,1-2H3,(H2,11,12). The van der Waals surface area contributed by atoms with Gasteiger partial charge in [0.1, 0.15) is 11.6 Å². The predicted molar refractivity (Wildman–Crippen MR) is 65.9 cm³/mol. The van der Waals surface area contributed by atoms with Crippen LogP contribution in [-0.4, -0.2) is 42.6 Å². The van der Waals surface area contributed by atoms with Gasteiger partial charge in [-0.2, -0.15) is 0 Å². The first-order valence-electron chi connectivity index (χ1n) is 4.93. The fraction of sp³-hybridized carbons (Fsp3) is 0.400. The number of nitrogens with two attached hydrogens (primary N) is 1. The van der Waals surface area contributed by atoms with Gasteiger partial charge in [-0.05, 0) is 0 Å². The average Bonchev–Trinajstić information content (AvgIpc) is 2.83. The first kappa shape index (κ1) is 13.3. The summed E-state index contributed by atoms with van der Waals surface area (Å²) in [5.74, 6) is 0.667. The highest BCUT2D eigenvalue weighted by atomic mass is 32.1. The number of ether oxygens (including phenoxy) is 1. The second kappa shape index (κ2) is 6.09. The molecule has 0 saturated heterocycles. The summed E-state index contributed by atoms with van der Waals surface area (Å²) in [6.07, 6.45) is 0.335. The molecule has 3 N–H and O–H groups in total. The molecule has 1 heterocycles. The number of amidine groups is 1. The van der Waals surface area contributed by atoms with Gasteiger partial charge in [-0.15, -0.1) is 11.3 Å². The van der Waals surface area contributed by atoms with Crippen LogP contribution in [0.3, 0.4) is 0 Å². The van der Waals surface area contributed by atoms with Crippen molar-refractivity contribution in [2.45, 2.75) is 6.42 Å². The van der Waals surface area contributed by atoms with Gasteiger partial charge in [0.05, 0.1) is 12.0 Å². The Morgan fingerprint density at radius 2 is 2.41 bits per heavy atom. The Hall–Kier alpha value is -1.76. The van der Waals surface area contributed by atoms with E-state index < -0.39 is 0 Å². The fourth-order valence-corrected chi connectivity index (χ4v) is 2.01. The summed E-state index contributed by atoms with van der Waals surface area (Å²) >= 11 is 1.32. The van der Waals surface area contributed by atoms with Gasteiger partial charge in [-0.3, -0.25) is 4.79 Å². The van der Waals surface area contributed by atoms with Crippen molar-refractivity contribution in [2.24, 2.45) is 10.9 Å². The van der Waals surface area contributed by atoms with E-state index in [2.05, 4.69) is 5.16 Å². The van der Waals surface area contributed by atoms with Crippen molar-refractivity contribution in [1.29, 1.82) is 0 Å². The number of oxime groups is 1. The topological polar surface area (TPSA) is 88.2 Å². The third-order valence-corrected chi connectivity index (χ3v) is 3.10. The lowest BCUT2D eigenvalue weighted by molar-refractivity contribution is 0.0803. The first-order valence-corrected chi connectivity index (χ1v) is 5.80. The van der Waals surface area contributed by atoms with Crippen molar-refractivity contribution in [3.05, 3.63) is 16.3 Å². The quantitative estimate of drug-likeness (QED) is 0.356. The molecule has 0 radical (unpaired) electrons. The number of carbonyl (C=O) groups is 1. The van der Waals surface area contributed by atoms with Crippen LogP contribution in [0.25, 0.3) is 0 Å². The highest BCUT2D eigenvalue weighted by molar-refractivity contribution is 7.12. The van der Waals surface area contributed by atoms with E-state index in [1.54, 1.807) is 25.6 Å². The van der Waals surface area contributed by atoms with Crippen LogP contribution < -0.4 is 10.5 Å². The summed E-state index contributed by atoms with van der Waals surface area (Å²) < 4.78 is 5.01. The Bertz CT molecular complexity index is 417. The Balaban J connectivity index is 2.57. The summed E-state index contributed by atoms with van der Waals surface area (Å²) in [6, 6.07) is 1.69. The largest absolute Gasteiger partial charge is 0.496 e. The molecule has 6 nitrogen and oxygen atoms in total. The third-order valence-electron chi connectivity index (χ3n) is 2.20. The normalized spacial score (nSPS) is 11.3. The Labute approximate surface area is 103 Å². The zero-order valence-electron chi connectivity index (χ0n) is 9.71. The van der Waals surface area contributed by atoms with E-state index in [1.807, 2.05) is 0 Å². The number of amides is 1. The smallest absolute Gasteiger partial charge is 0.263 e. The minimum Gasteiger partial charge on any atom is -0.496 e. The molecule has 0 spiro atoms. The molecule has 0 aliphatic carbocycles. The molecule has 17 heavy (non-hydrogen) atoms. The van der Waals surface area contributed by atoms with Crippen molar-refractivity contribution in [1.82, 2.24) is 4.90 Å². The van der Waals surface area contributed by atoms with E-state index in [-0.39, 0.29) is 11.7 Å². The number of nitrogens with zero attached hydrogens (tertiary/aromatic N) is 2. The van der Waals surface area contributed by atoms with Gasteiger partial charge in [0.2, 0.25) is 0 Å². The molecular weight excluding hydrogens is 242 g/mol. The maximum absolute atomic E-state index is 11.9. The number of methoxy groups -OCH3 is 1. The van der Waals surface area contributed by atoms with Gasteiger partial charge < -0.3 is 20.6 Å². The van der Waals surface area contributed by atoms with Gasteiger partial charge >= 0.3 is 0 Å². The van der Waals surface area contributed by atoms with E-state index in [0.29, 0.717) is 23.6 Å². The second-order valence-electron chi connectivity index (χ2n) is 3.42. The minimum atomic E-state index is -0.107. The van der Waals surface area contributed by atoms with Crippen LogP contribution in [-0.2, 0) is 0 Å². The van der Waals surface area contributed by atoms with Crippen molar-refractivity contribution in [3.63, 3.8) is 0 Å². The maximum atomic E-state index is 11.9. The van der Waals surface area contributed by atoms with Crippen LogP contribution in [0.2, 0.25) is 0 Å². The second-order valence-corrected chi connectivity index (χ2v) is 4.33. The van der Waals surface area contributed by atoms with Gasteiger partial charge in [-0.25, -0.2) is 0 Å². The summed E-state index contributed by atoms with van der Waals surface area (Å²) in [6.45, 7) is 0.398. The molecule has 1 aromatic rings. The molecule has 1 rings (SSSR count). The van der Waals surface area contributed by atoms with Crippen molar-refractivity contribution in [3.8, 4) is 5.75 Å². The number of thiophene rings is 1. The van der Waals surface area contributed by atoms with E-state index in [1.165, 1.54) is 16.2 Å². The number of carbonyl (C=O) groups excluding carboxylic acids is 1. The van der Waals surface area contributed by atoms with Crippen molar-refractivity contribution >= 4 is 23.1 Å². The Morgan fingerprint density at radius 1 is 1.71 bits per heavy atom. The molecule has 1 aromatic heterocycles. The number of hydrogen-bond donors (Lipinski definition) is 2. The van der Waals surface area contributed by atoms with Crippen LogP contribution in [0.15, 0.2) is 16.6 Å². The maximum Gasteiger partial charge on any atom is 0.263 e. The van der Waals surface area contributed by atoms with E-state index >= 15 is 0 Å². The van der Waals surface area contributed by atoms with Crippen LogP contribution in [0.1, 0.15) is 16.1 Å². The summed E-state index contributed by atoms with van der Waals surface area (Å²) in [5, 5.41) is 13.0. The van der Waals surface area contributed by atoms with Crippen LogP contribution >= 0.6 is 11.3 Å². The first-order chi connectivity index (χ1) is 8.08. The highest BCUT2D eigenvalue weighted by Crippen LogP contribution is 2.22. The molecule has 0 bridgehead atoms. The van der Waals surface area contributed by atoms with E-state index in [9.17, 15) is 4.79 Å². The lowest BCUT2D eigenvalue weighted by Crippen LogP contribution is -2.30. The molecule has 0 aromatic carbocycles. The molecule has 0 unspecified atom stereocenters. The predicted octanol–water partition coefficient (Wildman–Crippen LogP) is 0.965. The monoisotopic (exact) mass is 257 g/mol. The number of rotatable bonds is 5. The van der Waals surface area contributed by atoms with Crippen LogP contribution in [0, 0.1) is 0 Å². The van der Waals surface area contributed by atoms with Gasteiger partial charge in [-0.1, -0.05) is 5.16 Å². The molecule has 7 heteroatoms. The van der Waals surface area contributed by atoms with Gasteiger partial charge in [0, 0.05) is 31.5 Å². The summed E-state index contributed by atoms with van der Waals surface area (Å²) in [7, 11) is 3.22. The zero-order chi connectivity index (χ0) is 12.8. The van der Waals surface area contributed by atoms with Crippen LogP contribution in [0.4, 0.5) is 0 Å². The van der Waals surface area contributed by atoms with Gasteiger partial charge in [0.15, 0.2) is 0 Å². The molecule has 0 aliphatic rings. The molecular formula is C10H15N3O3S. The summed E-state index contributed by atoms with van der Waals surface area (Å²) in [5.41, 5.74) is 5.33. The van der Waals surface area contributed by atoms with E-state index in [0.717, 1.165) is 0 Å². The Kier molecular flexibility index (Phi) is 4.77. The third kappa shape index (κ3) is 3.63. The molecule has 0 fully saturated rings. The number of hydrogen-bond acceptors (Lipinski definition) is 5. The van der Waals surface area contributed by atoms with Gasteiger partial charge in [0.25, 0.3) is 5.91 Å². The highest BCUT2D eigenvalue weighted by Gasteiger charge is 2.14. The summed E-state index contributed by atoms with van der Waals surface area (Å²) in [4.78, 5) is 14.0. The molecule has 1 amide bonds. The minimum absolute atomic E-state index is 0.105. The van der Waals surface area contributed by atoms with Crippen LogP contribution in [0.5, 0.6) is 5.75 Å².